The van der Waals surface area contributed by atoms with Crippen molar-refractivity contribution in [3.8, 4) is 0 Å². The standard InChI is InChI=1S/C13H14N2O2S/c1-15(11-7-3-2-4-8-11)12-9-5-6-10-13(12)18(14,16)17/h2-10H,1H3,(H2,14,16,17). The first-order valence-electron chi connectivity index (χ1n) is 5.41. The molecule has 0 unspecified atom stereocenters. The van der Waals surface area contributed by atoms with Gasteiger partial charge in [-0.05, 0) is 24.3 Å². The third-order valence-electron chi connectivity index (χ3n) is 2.68. The molecule has 0 saturated carbocycles. The summed E-state index contributed by atoms with van der Waals surface area (Å²) in [7, 11) is -1.92. The molecule has 0 heterocycles. The smallest absolute Gasteiger partial charge is 0.240 e. The summed E-state index contributed by atoms with van der Waals surface area (Å²) >= 11 is 0. The monoisotopic (exact) mass is 262 g/mol. The number of anilines is 2. The molecule has 4 nitrogen and oxygen atoms in total. The number of benzene rings is 2. The lowest BCUT2D eigenvalue weighted by Gasteiger charge is -2.21. The molecule has 2 N–H and O–H groups in total. The number of rotatable bonds is 3. The van der Waals surface area contributed by atoms with Gasteiger partial charge in [0.05, 0.1) is 5.69 Å². The van der Waals surface area contributed by atoms with E-state index < -0.39 is 10.0 Å². The molecule has 0 amide bonds. The fraction of sp³-hybridized carbons (Fsp3) is 0.0769. The topological polar surface area (TPSA) is 63.4 Å². The molecular weight excluding hydrogens is 248 g/mol. The van der Waals surface area contributed by atoms with E-state index in [1.165, 1.54) is 6.07 Å². The van der Waals surface area contributed by atoms with Gasteiger partial charge in [-0.1, -0.05) is 30.3 Å². The van der Waals surface area contributed by atoms with Crippen molar-refractivity contribution in [1.82, 2.24) is 0 Å². The minimum atomic E-state index is -3.73. The van der Waals surface area contributed by atoms with E-state index in [0.717, 1.165) is 5.69 Å². The van der Waals surface area contributed by atoms with Crippen molar-refractivity contribution in [1.29, 1.82) is 0 Å². The van der Waals surface area contributed by atoms with Crippen LogP contribution in [0.25, 0.3) is 0 Å². The Kier molecular flexibility index (Phi) is 3.36. The summed E-state index contributed by atoms with van der Waals surface area (Å²) in [6.07, 6.45) is 0. The number of hydrogen-bond acceptors (Lipinski definition) is 3. The second kappa shape index (κ2) is 4.80. The first-order chi connectivity index (χ1) is 8.50. The van der Waals surface area contributed by atoms with E-state index in [1.807, 2.05) is 30.3 Å². The van der Waals surface area contributed by atoms with Gasteiger partial charge in [-0.3, -0.25) is 0 Å². The van der Waals surface area contributed by atoms with Gasteiger partial charge in [0.2, 0.25) is 10.0 Å². The molecule has 0 aliphatic carbocycles. The molecule has 0 radical (unpaired) electrons. The van der Waals surface area contributed by atoms with Gasteiger partial charge in [0.15, 0.2) is 0 Å². The van der Waals surface area contributed by atoms with Gasteiger partial charge in [0, 0.05) is 12.7 Å². The molecule has 2 rings (SSSR count). The molecule has 2 aromatic carbocycles. The molecule has 18 heavy (non-hydrogen) atoms. The van der Waals surface area contributed by atoms with Gasteiger partial charge in [0.25, 0.3) is 0 Å². The molecule has 94 valence electrons. The maximum Gasteiger partial charge on any atom is 0.240 e. The summed E-state index contributed by atoms with van der Waals surface area (Å²) in [5.41, 5.74) is 1.46. The largest absolute Gasteiger partial charge is 0.344 e. The predicted octanol–water partition coefficient (Wildman–Crippen LogP) is 2.10. The van der Waals surface area contributed by atoms with Gasteiger partial charge in [-0.25, -0.2) is 13.6 Å². The normalized spacial score (nSPS) is 11.2. The molecular formula is C13H14N2O2S. The highest BCUT2D eigenvalue weighted by molar-refractivity contribution is 7.89. The number of hydrogen-bond donors (Lipinski definition) is 1. The Hall–Kier alpha value is -1.85. The molecule has 0 spiro atoms. The van der Waals surface area contributed by atoms with Crippen LogP contribution in [-0.4, -0.2) is 15.5 Å². The molecule has 0 fully saturated rings. The Labute approximate surface area is 107 Å². The molecule has 0 aliphatic heterocycles. The quantitative estimate of drug-likeness (QED) is 0.921. The number of para-hydroxylation sites is 2. The zero-order valence-electron chi connectivity index (χ0n) is 9.95. The van der Waals surface area contributed by atoms with Crippen LogP contribution >= 0.6 is 0 Å². The average molecular weight is 262 g/mol. The summed E-state index contributed by atoms with van der Waals surface area (Å²) in [6.45, 7) is 0. The summed E-state index contributed by atoms with van der Waals surface area (Å²) in [4.78, 5) is 1.91. The van der Waals surface area contributed by atoms with Crippen LogP contribution in [0.4, 0.5) is 11.4 Å². The zero-order valence-corrected chi connectivity index (χ0v) is 10.8. The summed E-state index contributed by atoms with van der Waals surface area (Å²) in [6, 6.07) is 16.2. The van der Waals surface area contributed by atoms with Gasteiger partial charge >= 0.3 is 0 Å². The lowest BCUT2D eigenvalue weighted by molar-refractivity contribution is 0.598. The van der Waals surface area contributed by atoms with Crippen LogP contribution in [0.1, 0.15) is 0 Å². The molecule has 0 bridgehead atoms. The van der Waals surface area contributed by atoms with E-state index in [4.69, 9.17) is 5.14 Å². The average Bonchev–Trinajstić information content (AvgIpc) is 2.38. The van der Waals surface area contributed by atoms with Crippen LogP contribution in [0.5, 0.6) is 0 Å². The second-order valence-electron chi connectivity index (χ2n) is 3.91. The first-order valence-corrected chi connectivity index (χ1v) is 6.95. The van der Waals surface area contributed by atoms with E-state index in [0.29, 0.717) is 5.69 Å². The SMILES string of the molecule is CN(c1ccccc1)c1ccccc1S(N)(=O)=O. The van der Waals surface area contributed by atoms with E-state index in [1.54, 1.807) is 30.1 Å². The van der Waals surface area contributed by atoms with Crippen LogP contribution in [0.15, 0.2) is 59.5 Å². The predicted molar refractivity (Wildman–Crippen MR) is 72.3 cm³/mol. The van der Waals surface area contributed by atoms with Crippen molar-refractivity contribution >= 4 is 21.4 Å². The number of nitrogens with zero attached hydrogens (tertiary/aromatic N) is 1. The van der Waals surface area contributed by atoms with Crippen molar-refractivity contribution in [2.45, 2.75) is 4.90 Å². The van der Waals surface area contributed by atoms with Gasteiger partial charge in [-0.2, -0.15) is 0 Å². The van der Waals surface area contributed by atoms with Crippen molar-refractivity contribution < 1.29 is 8.42 Å². The van der Waals surface area contributed by atoms with Crippen molar-refractivity contribution in [3.63, 3.8) is 0 Å². The Bertz CT molecular complexity index is 639. The van der Waals surface area contributed by atoms with E-state index in [2.05, 4.69) is 0 Å². The molecule has 0 aromatic heterocycles. The van der Waals surface area contributed by atoms with Gasteiger partial charge < -0.3 is 4.90 Å². The minimum Gasteiger partial charge on any atom is -0.344 e. The van der Waals surface area contributed by atoms with Crippen molar-refractivity contribution in [2.24, 2.45) is 5.14 Å². The van der Waals surface area contributed by atoms with Crippen molar-refractivity contribution in [2.75, 3.05) is 11.9 Å². The van der Waals surface area contributed by atoms with Crippen molar-refractivity contribution in [3.05, 3.63) is 54.6 Å². The zero-order chi connectivity index (χ0) is 13.2. The Morgan fingerprint density at radius 2 is 1.50 bits per heavy atom. The molecule has 2 aromatic rings. The second-order valence-corrected chi connectivity index (χ2v) is 5.44. The van der Waals surface area contributed by atoms with Crippen LogP contribution < -0.4 is 10.0 Å². The van der Waals surface area contributed by atoms with Gasteiger partial charge in [0.1, 0.15) is 4.90 Å². The highest BCUT2D eigenvalue weighted by Crippen LogP contribution is 2.28. The third-order valence-corrected chi connectivity index (χ3v) is 3.63. The maximum atomic E-state index is 11.5. The van der Waals surface area contributed by atoms with E-state index in [-0.39, 0.29) is 4.90 Å². The number of sulfonamides is 1. The van der Waals surface area contributed by atoms with Crippen LogP contribution in [0, 0.1) is 0 Å². The highest BCUT2D eigenvalue weighted by Gasteiger charge is 2.16. The number of nitrogens with two attached hydrogens (primary N) is 1. The lowest BCUT2D eigenvalue weighted by atomic mass is 10.2. The molecule has 0 saturated heterocycles. The minimum absolute atomic E-state index is 0.122. The summed E-state index contributed by atoms with van der Waals surface area (Å²) < 4.78 is 23.1. The third kappa shape index (κ3) is 2.52. The molecule has 0 atom stereocenters. The Balaban J connectivity index is 2.53. The Morgan fingerprint density at radius 3 is 2.11 bits per heavy atom. The highest BCUT2D eigenvalue weighted by atomic mass is 32.2. The fourth-order valence-corrected chi connectivity index (χ4v) is 2.53. The van der Waals surface area contributed by atoms with Crippen LogP contribution in [0.3, 0.4) is 0 Å². The van der Waals surface area contributed by atoms with Gasteiger partial charge in [-0.15, -0.1) is 0 Å². The summed E-state index contributed by atoms with van der Waals surface area (Å²) in [5, 5.41) is 5.22. The summed E-state index contributed by atoms with van der Waals surface area (Å²) in [5.74, 6) is 0. The fourth-order valence-electron chi connectivity index (χ4n) is 1.77. The van der Waals surface area contributed by atoms with E-state index in [9.17, 15) is 8.42 Å². The maximum absolute atomic E-state index is 11.5. The first kappa shape index (κ1) is 12.6. The van der Waals surface area contributed by atoms with E-state index >= 15 is 0 Å². The van der Waals surface area contributed by atoms with Crippen LogP contribution in [0.2, 0.25) is 0 Å². The number of primary sulfonamides is 1. The molecule has 5 heteroatoms. The lowest BCUT2D eigenvalue weighted by Crippen LogP contribution is -2.18. The van der Waals surface area contributed by atoms with Crippen LogP contribution in [-0.2, 0) is 10.0 Å². The Morgan fingerprint density at radius 1 is 0.944 bits per heavy atom. The molecule has 0 aliphatic rings.